The summed E-state index contributed by atoms with van der Waals surface area (Å²) in [4.78, 5) is 37.4. The van der Waals surface area contributed by atoms with Crippen LogP contribution in [0.2, 0.25) is 0 Å². The van der Waals surface area contributed by atoms with Crippen molar-refractivity contribution in [3.8, 4) is 0 Å². The second-order valence-electron chi connectivity index (χ2n) is 4.52. The van der Waals surface area contributed by atoms with Crippen LogP contribution < -0.4 is 16.4 Å². The quantitative estimate of drug-likeness (QED) is 0.568. The van der Waals surface area contributed by atoms with Gasteiger partial charge in [0.25, 0.3) is 0 Å². The molecule has 8 nitrogen and oxygen atoms in total. The molecule has 1 aromatic rings. The summed E-state index contributed by atoms with van der Waals surface area (Å²) in [5, 5.41) is 13.9. The molecule has 2 unspecified atom stereocenters. The third-order valence-corrected chi connectivity index (χ3v) is 2.81. The van der Waals surface area contributed by atoms with Gasteiger partial charge in [0.05, 0.1) is 6.04 Å². The Balaban J connectivity index is 2.54. The minimum Gasteiger partial charge on any atom is -0.480 e. The summed E-state index contributed by atoms with van der Waals surface area (Å²) in [5.74, 6) is -1.84. The summed E-state index contributed by atoms with van der Waals surface area (Å²) in [5.41, 5.74) is 5.75. The van der Waals surface area contributed by atoms with E-state index in [0.717, 1.165) is 5.56 Å². The minimum absolute atomic E-state index is 0.0562. The van der Waals surface area contributed by atoms with Crippen molar-refractivity contribution >= 4 is 17.9 Å². The lowest BCUT2D eigenvalue weighted by Crippen LogP contribution is -2.46. The number of nitrogens with zero attached hydrogens (tertiary/aromatic N) is 1. The molecule has 0 saturated carbocycles. The molecule has 0 aliphatic heterocycles. The molecule has 0 aliphatic carbocycles. The fraction of sp³-hybridized carbons (Fsp3) is 0.385. The highest BCUT2D eigenvalue weighted by Gasteiger charge is 2.21. The van der Waals surface area contributed by atoms with Gasteiger partial charge in [-0.1, -0.05) is 6.07 Å². The molecule has 2 atom stereocenters. The van der Waals surface area contributed by atoms with Gasteiger partial charge in [-0.2, -0.15) is 0 Å². The highest BCUT2D eigenvalue weighted by Crippen LogP contribution is 2.09. The number of carbonyl (C=O) groups excluding carboxylic acids is 2. The van der Waals surface area contributed by atoms with Gasteiger partial charge >= 0.3 is 12.0 Å². The number of aliphatic carboxylic acids is 1. The van der Waals surface area contributed by atoms with E-state index >= 15 is 0 Å². The number of pyridine rings is 1. The van der Waals surface area contributed by atoms with Crippen LogP contribution >= 0.6 is 0 Å². The Morgan fingerprint density at radius 2 is 2.10 bits per heavy atom. The molecule has 21 heavy (non-hydrogen) atoms. The number of carbonyl (C=O) groups is 3. The third kappa shape index (κ3) is 5.89. The van der Waals surface area contributed by atoms with Crippen LogP contribution in [-0.4, -0.2) is 34.0 Å². The Kier molecular flexibility index (Phi) is 6.12. The number of nitrogens with one attached hydrogen (secondary N) is 2. The van der Waals surface area contributed by atoms with E-state index in [1.54, 1.807) is 31.5 Å². The molecular weight excluding hydrogens is 276 g/mol. The molecule has 1 heterocycles. The van der Waals surface area contributed by atoms with Gasteiger partial charge in [-0.3, -0.25) is 9.78 Å². The largest absolute Gasteiger partial charge is 0.480 e. The molecule has 0 aliphatic rings. The van der Waals surface area contributed by atoms with Gasteiger partial charge in [0.2, 0.25) is 5.91 Å². The van der Waals surface area contributed by atoms with E-state index in [1.807, 2.05) is 0 Å². The lowest BCUT2D eigenvalue weighted by molar-refractivity contribution is -0.139. The Morgan fingerprint density at radius 3 is 2.62 bits per heavy atom. The zero-order valence-corrected chi connectivity index (χ0v) is 11.6. The molecule has 5 N–H and O–H groups in total. The molecule has 0 aromatic carbocycles. The first-order chi connectivity index (χ1) is 9.90. The second kappa shape index (κ2) is 7.83. The summed E-state index contributed by atoms with van der Waals surface area (Å²) in [6.07, 6.45) is 3.04. The number of rotatable bonds is 7. The summed E-state index contributed by atoms with van der Waals surface area (Å²) in [6, 6.07) is 1.39. The van der Waals surface area contributed by atoms with Crippen molar-refractivity contribution in [2.24, 2.45) is 5.73 Å². The summed E-state index contributed by atoms with van der Waals surface area (Å²) in [6.45, 7) is 1.75. The predicted octanol–water partition coefficient (Wildman–Crippen LogP) is 0.161. The number of amides is 3. The van der Waals surface area contributed by atoms with E-state index in [0.29, 0.717) is 0 Å². The van der Waals surface area contributed by atoms with E-state index in [4.69, 9.17) is 10.8 Å². The number of urea groups is 1. The van der Waals surface area contributed by atoms with Gasteiger partial charge in [-0.25, -0.2) is 9.59 Å². The van der Waals surface area contributed by atoms with Crippen LogP contribution in [0.1, 0.15) is 31.4 Å². The van der Waals surface area contributed by atoms with Crippen molar-refractivity contribution in [3.63, 3.8) is 0 Å². The average molecular weight is 294 g/mol. The molecule has 0 spiro atoms. The van der Waals surface area contributed by atoms with Gasteiger partial charge < -0.3 is 21.5 Å². The number of carboxylic acid groups (broad SMARTS) is 1. The molecule has 0 fully saturated rings. The Labute approximate surface area is 121 Å². The van der Waals surface area contributed by atoms with Crippen LogP contribution in [-0.2, 0) is 9.59 Å². The van der Waals surface area contributed by atoms with Gasteiger partial charge in [-0.05, 0) is 25.0 Å². The molecule has 8 heteroatoms. The second-order valence-corrected chi connectivity index (χ2v) is 4.52. The maximum absolute atomic E-state index is 11.8. The Morgan fingerprint density at radius 1 is 1.38 bits per heavy atom. The molecule has 114 valence electrons. The fourth-order valence-corrected chi connectivity index (χ4v) is 1.66. The van der Waals surface area contributed by atoms with E-state index in [2.05, 4.69) is 15.6 Å². The standard InChI is InChI=1S/C13H18N4O4/c1-8(9-3-2-6-15-7-9)16-13(21)17-10(12(19)20)4-5-11(14)18/h2-3,6-8,10H,4-5H2,1H3,(H2,14,18)(H,19,20)(H2,16,17,21). The summed E-state index contributed by atoms with van der Waals surface area (Å²) in [7, 11) is 0. The molecule has 3 amide bonds. The minimum atomic E-state index is -1.22. The molecule has 0 saturated heterocycles. The molecule has 1 rings (SSSR count). The highest BCUT2D eigenvalue weighted by atomic mass is 16.4. The van der Waals surface area contributed by atoms with Gasteiger partial charge in [0, 0.05) is 18.8 Å². The number of hydrogen-bond acceptors (Lipinski definition) is 4. The number of nitrogens with two attached hydrogens (primary N) is 1. The number of aromatic nitrogens is 1. The maximum Gasteiger partial charge on any atom is 0.326 e. The lowest BCUT2D eigenvalue weighted by atomic mass is 10.1. The van der Waals surface area contributed by atoms with Crippen LogP contribution in [0.25, 0.3) is 0 Å². The summed E-state index contributed by atoms with van der Waals surface area (Å²) >= 11 is 0. The van der Waals surface area contributed by atoms with E-state index in [1.165, 1.54) is 0 Å². The SMILES string of the molecule is CC(NC(=O)NC(CCC(N)=O)C(=O)O)c1cccnc1. The van der Waals surface area contributed by atoms with Crippen LogP contribution in [0.4, 0.5) is 4.79 Å². The normalized spacial score (nSPS) is 13.0. The van der Waals surface area contributed by atoms with E-state index in [9.17, 15) is 14.4 Å². The van der Waals surface area contributed by atoms with Crippen molar-refractivity contribution in [1.29, 1.82) is 0 Å². The van der Waals surface area contributed by atoms with Crippen molar-refractivity contribution in [1.82, 2.24) is 15.6 Å². The Bertz CT molecular complexity index is 506. The Hall–Kier alpha value is -2.64. The first kappa shape index (κ1) is 16.4. The number of primary amides is 1. The first-order valence-electron chi connectivity index (χ1n) is 6.38. The van der Waals surface area contributed by atoms with E-state index < -0.39 is 23.9 Å². The number of carboxylic acids is 1. The lowest BCUT2D eigenvalue weighted by Gasteiger charge is -2.18. The van der Waals surface area contributed by atoms with Gasteiger partial charge in [0.1, 0.15) is 6.04 Å². The van der Waals surface area contributed by atoms with Crippen LogP contribution in [0, 0.1) is 0 Å². The van der Waals surface area contributed by atoms with Crippen LogP contribution in [0.3, 0.4) is 0 Å². The molecular formula is C13H18N4O4. The van der Waals surface area contributed by atoms with E-state index in [-0.39, 0.29) is 18.9 Å². The topological polar surface area (TPSA) is 134 Å². The molecule has 0 bridgehead atoms. The van der Waals surface area contributed by atoms with Crippen molar-refractivity contribution in [2.75, 3.05) is 0 Å². The predicted molar refractivity (Wildman–Crippen MR) is 74.2 cm³/mol. The monoisotopic (exact) mass is 294 g/mol. The van der Waals surface area contributed by atoms with Crippen LogP contribution in [0.15, 0.2) is 24.5 Å². The van der Waals surface area contributed by atoms with Crippen molar-refractivity contribution in [2.45, 2.75) is 31.8 Å². The average Bonchev–Trinajstić information content (AvgIpc) is 2.43. The van der Waals surface area contributed by atoms with Crippen molar-refractivity contribution < 1.29 is 19.5 Å². The molecule has 0 radical (unpaired) electrons. The number of hydrogen-bond donors (Lipinski definition) is 4. The zero-order valence-electron chi connectivity index (χ0n) is 11.6. The molecule has 1 aromatic heterocycles. The van der Waals surface area contributed by atoms with Gasteiger partial charge in [0.15, 0.2) is 0 Å². The highest BCUT2D eigenvalue weighted by molar-refractivity contribution is 5.83. The van der Waals surface area contributed by atoms with Gasteiger partial charge in [-0.15, -0.1) is 0 Å². The fourth-order valence-electron chi connectivity index (χ4n) is 1.66. The third-order valence-electron chi connectivity index (χ3n) is 2.81. The van der Waals surface area contributed by atoms with Crippen molar-refractivity contribution in [3.05, 3.63) is 30.1 Å². The summed E-state index contributed by atoms with van der Waals surface area (Å²) < 4.78 is 0. The maximum atomic E-state index is 11.8. The van der Waals surface area contributed by atoms with Crippen LogP contribution in [0.5, 0.6) is 0 Å². The first-order valence-corrected chi connectivity index (χ1v) is 6.38. The smallest absolute Gasteiger partial charge is 0.326 e. The zero-order chi connectivity index (χ0) is 15.8.